The number of amides is 2. The lowest BCUT2D eigenvalue weighted by atomic mass is 10.5. The number of nitrogen functional groups attached to an aromatic ring is 1. The molecule has 0 bridgehead atoms. The maximum atomic E-state index is 11.5. The highest BCUT2D eigenvalue weighted by Gasteiger charge is 2.14. The van der Waals surface area contributed by atoms with Crippen LogP contribution < -0.4 is 11.2 Å². The molecule has 0 saturated carbocycles. The smallest absolute Gasteiger partial charge is 0.355 e. The van der Waals surface area contributed by atoms with Crippen LogP contribution in [0.25, 0.3) is 0 Å². The zero-order valence-electron chi connectivity index (χ0n) is 9.33. The monoisotopic (exact) mass is 271 g/mol. The van der Waals surface area contributed by atoms with Gasteiger partial charge in [-0.2, -0.15) is 4.99 Å². The van der Waals surface area contributed by atoms with Crippen LogP contribution in [-0.4, -0.2) is 32.2 Å². The summed E-state index contributed by atoms with van der Waals surface area (Å²) >= 11 is 5.59. The summed E-state index contributed by atoms with van der Waals surface area (Å²) in [7, 11) is 0. The van der Waals surface area contributed by atoms with E-state index in [2.05, 4.69) is 22.8 Å². The summed E-state index contributed by atoms with van der Waals surface area (Å²) in [4.78, 5) is 19.7. The van der Waals surface area contributed by atoms with Crippen LogP contribution in [0, 0.1) is 0 Å². The molecule has 2 amide bonds. The highest BCUT2D eigenvalue weighted by molar-refractivity contribution is 7.99. The van der Waals surface area contributed by atoms with Gasteiger partial charge >= 0.3 is 6.03 Å². The van der Waals surface area contributed by atoms with Crippen LogP contribution in [0.15, 0.2) is 16.2 Å². The van der Waals surface area contributed by atoms with E-state index in [9.17, 15) is 4.79 Å². The fraction of sp³-hybridized carbons (Fsp3) is 0.444. The van der Waals surface area contributed by atoms with Crippen LogP contribution in [0.3, 0.4) is 0 Å². The van der Waals surface area contributed by atoms with Crippen molar-refractivity contribution >= 4 is 36.4 Å². The Hall–Kier alpha value is -1.15. The first-order chi connectivity index (χ1) is 8.11. The molecule has 1 aromatic heterocycles. The van der Waals surface area contributed by atoms with Crippen molar-refractivity contribution in [1.82, 2.24) is 13.9 Å². The van der Waals surface area contributed by atoms with E-state index in [1.807, 2.05) is 11.5 Å². The summed E-state index contributed by atoms with van der Waals surface area (Å²) in [5.74, 6) is 1.52. The quantitative estimate of drug-likeness (QED) is 0.584. The van der Waals surface area contributed by atoms with E-state index in [1.165, 1.54) is 4.31 Å². The van der Waals surface area contributed by atoms with E-state index >= 15 is 0 Å². The summed E-state index contributed by atoms with van der Waals surface area (Å²) in [6.45, 7) is 3.15. The molecule has 6 nitrogen and oxygen atoms in total. The lowest BCUT2D eigenvalue weighted by molar-refractivity contribution is 0.236. The van der Waals surface area contributed by atoms with E-state index in [1.54, 1.807) is 17.8 Å². The number of thioether (sulfide) groups is 1. The first-order valence-electron chi connectivity index (χ1n) is 5.17. The van der Waals surface area contributed by atoms with Crippen LogP contribution in [-0.2, 0) is 6.54 Å². The van der Waals surface area contributed by atoms with Gasteiger partial charge in [-0.3, -0.25) is 4.31 Å². The van der Waals surface area contributed by atoms with Crippen LogP contribution in [0.5, 0.6) is 0 Å². The van der Waals surface area contributed by atoms with Gasteiger partial charge in [0, 0.05) is 24.9 Å². The number of urea groups is 1. The molecule has 0 spiro atoms. The van der Waals surface area contributed by atoms with E-state index in [0.29, 0.717) is 17.9 Å². The van der Waals surface area contributed by atoms with Gasteiger partial charge in [-0.15, -0.1) is 0 Å². The number of anilines is 1. The Morgan fingerprint density at radius 1 is 1.82 bits per heavy atom. The third-order valence-electron chi connectivity index (χ3n) is 2.31. The molecule has 0 radical (unpaired) electrons. The summed E-state index contributed by atoms with van der Waals surface area (Å²) in [5.41, 5.74) is 6.20. The third kappa shape index (κ3) is 2.58. The number of carbonyl (C=O) groups is 1. The van der Waals surface area contributed by atoms with Gasteiger partial charge in [0.25, 0.3) is 0 Å². The first-order valence-corrected chi connectivity index (χ1v) is 6.55. The number of rotatable bonds is 1. The van der Waals surface area contributed by atoms with Gasteiger partial charge in [-0.05, 0) is 6.92 Å². The van der Waals surface area contributed by atoms with Gasteiger partial charge in [0.15, 0.2) is 10.6 Å². The van der Waals surface area contributed by atoms with Crippen LogP contribution in [0.1, 0.15) is 6.92 Å². The van der Waals surface area contributed by atoms with Crippen molar-refractivity contribution in [2.75, 3.05) is 18.0 Å². The minimum Gasteiger partial charge on any atom is -0.385 e. The van der Waals surface area contributed by atoms with E-state index in [0.717, 1.165) is 17.5 Å². The second kappa shape index (κ2) is 5.01. The molecule has 0 fully saturated rings. The Morgan fingerprint density at radius 2 is 2.59 bits per heavy atom. The van der Waals surface area contributed by atoms with Crippen molar-refractivity contribution in [3.05, 3.63) is 11.6 Å². The maximum Gasteiger partial charge on any atom is 0.355 e. The molecule has 0 atom stereocenters. The summed E-state index contributed by atoms with van der Waals surface area (Å²) in [6.07, 6.45) is 0. The number of fused-ring (bicyclic) bond motifs is 1. The second-order valence-corrected chi connectivity index (χ2v) is 4.98. The van der Waals surface area contributed by atoms with Gasteiger partial charge < -0.3 is 10.3 Å². The highest BCUT2D eigenvalue weighted by Crippen LogP contribution is 2.23. The zero-order chi connectivity index (χ0) is 12.4. The number of nitrogens with two attached hydrogens (primary N) is 1. The van der Waals surface area contributed by atoms with Crippen molar-refractivity contribution in [3.8, 4) is 0 Å². The molecule has 0 unspecified atom stereocenters. The molecule has 0 saturated heterocycles. The summed E-state index contributed by atoms with van der Waals surface area (Å²) in [6, 6.07) is 1.17. The predicted molar refractivity (Wildman–Crippen MR) is 69.7 cm³/mol. The molecule has 1 aromatic rings. The van der Waals surface area contributed by atoms with Crippen molar-refractivity contribution in [1.29, 1.82) is 0 Å². The molecule has 0 aromatic carbocycles. The topological polar surface area (TPSA) is 76.5 Å². The fourth-order valence-corrected chi connectivity index (χ4v) is 2.43. The molecule has 2 heterocycles. The fourth-order valence-electron chi connectivity index (χ4n) is 1.42. The summed E-state index contributed by atoms with van der Waals surface area (Å²) < 4.78 is 3.12. The molecule has 17 heavy (non-hydrogen) atoms. The second-order valence-electron chi connectivity index (χ2n) is 3.43. The lowest BCUT2D eigenvalue weighted by Gasteiger charge is -2.08. The predicted octanol–water partition coefficient (Wildman–Crippen LogP) is 0.758. The van der Waals surface area contributed by atoms with Crippen LogP contribution >= 0.6 is 24.6 Å². The van der Waals surface area contributed by atoms with E-state index in [4.69, 9.17) is 5.73 Å². The largest absolute Gasteiger partial charge is 0.385 e. The van der Waals surface area contributed by atoms with Crippen molar-refractivity contribution in [2.45, 2.75) is 18.6 Å². The Labute approximate surface area is 108 Å². The molecular weight excluding hydrogens is 258 g/mol. The zero-order valence-corrected chi connectivity index (χ0v) is 11.0. The highest BCUT2D eigenvalue weighted by atomic mass is 32.2. The number of hydrogen-bond donors (Lipinski definition) is 2. The normalized spacial score (nSPS) is 14.8. The van der Waals surface area contributed by atoms with Gasteiger partial charge in [-0.25, -0.2) is 9.78 Å². The first kappa shape index (κ1) is 12.3. The summed E-state index contributed by atoms with van der Waals surface area (Å²) in [5, 5.41) is 0.804. The third-order valence-corrected chi connectivity index (χ3v) is 3.72. The van der Waals surface area contributed by atoms with Crippen molar-refractivity contribution < 1.29 is 4.79 Å². The number of thiol groups is 1. The van der Waals surface area contributed by atoms with Crippen molar-refractivity contribution in [2.24, 2.45) is 4.99 Å². The van der Waals surface area contributed by atoms with E-state index < -0.39 is 6.03 Å². The average Bonchev–Trinajstić information content (AvgIpc) is 2.76. The maximum absolute atomic E-state index is 11.5. The molecule has 92 valence electrons. The molecule has 1 aliphatic heterocycles. The van der Waals surface area contributed by atoms with Crippen LogP contribution in [0.4, 0.5) is 10.6 Å². The lowest BCUT2D eigenvalue weighted by Crippen LogP contribution is -2.23. The number of hydrogen-bond acceptors (Lipinski definition) is 5. The van der Waals surface area contributed by atoms with Gasteiger partial charge in [0.2, 0.25) is 0 Å². The minimum atomic E-state index is -0.435. The molecule has 1 aliphatic rings. The van der Waals surface area contributed by atoms with Crippen molar-refractivity contribution in [3.63, 3.8) is 0 Å². The molecular formula is C9H13N5OS2. The minimum absolute atomic E-state index is 0.334. The van der Waals surface area contributed by atoms with Gasteiger partial charge in [0.1, 0.15) is 5.82 Å². The average molecular weight is 271 g/mol. The SMILES string of the molecule is CCN(S)C(=O)N=c1cc(N)n2c(n1)SCC2. The van der Waals surface area contributed by atoms with Gasteiger partial charge in [0.05, 0.1) is 0 Å². The molecule has 8 heteroatoms. The number of nitrogens with zero attached hydrogens (tertiary/aromatic N) is 4. The number of carbonyl (C=O) groups excluding carboxylic acids is 1. The van der Waals surface area contributed by atoms with E-state index in [-0.39, 0.29) is 0 Å². The molecule has 2 rings (SSSR count). The standard InChI is InChI=1S/C9H13N5OS2/c1-2-14(16)8(15)11-7-5-6(10)13-3-4-17-9(13)12-7/h5,16H,2-4,10H2,1H3. The Bertz CT molecular complexity index is 513. The Balaban J connectivity index is 2.37. The Morgan fingerprint density at radius 3 is 3.29 bits per heavy atom. The Kier molecular flexibility index (Phi) is 3.63. The molecule has 2 N–H and O–H groups in total. The molecule has 0 aliphatic carbocycles. The number of aromatic nitrogens is 2. The van der Waals surface area contributed by atoms with Gasteiger partial charge in [-0.1, -0.05) is 24.6 Å². The van der Waals surface area contributed by atoms with Crippen LogP contribution in [0.2, 0.25) is 0 Å².